The van der Waals surface area contributed by atoms with Crippen molar-refractivity contribution in [3.63, 3.8) is 0 Å². The fourth-order valence-corrected chi connectivity index (χ4v) is 2.62. The highest BCUT2D eigenvalue weighted by Gasteiger charge is 2.12. The normalized spacial score (nSPS) is 10.4. The summed E-state index contributed by atoms with van der Waals surface area (Å²) in [6.45, 7) is -0.319. The third-order valence-electron chi connectivity index (χ3n) is 3.73. The number of para-hydroxylation sites is 1. The molecule has 9 heteroatoms. The molecule has 2 aromatic heterocycles. The molecule has 0 aliphatic rings. The lowest BCUT2D eigenvalue weighted by Crippen LogP contribution is -2.46. The summed E-state index contributed by atoms with van der Waals surface area (Å²) in [6.07, 6.45) is 3.25. The van der Waals surface area contributed by atoms with Gasteiger partial charge in [0.05, 0.1) is 13.0 Å². The van der Waals surface area contributed by atoms with E-state index < -0.39 is 11.8 Å². The summed E-state index contributed by atoms with van der Waals surface area (Å²) >= 11 is 5.78. The van der Waals surface area contributed by atoms with Crippen LogP contribution in [0.4, 0.5) is 0 Å². The van der Waals surface area contributed by atoms with E-state index in [2.05, 4.69) is 26.1 Å². The van der Waals surface area contributed by atoms with Crippen molar-refractivity contribution in [1.82, 2.24) is 26.1 Å². The zero-order valence-corrected chi connectivity index (χ0v) is 14.8. The van der Waals surface area contributed by atoms with Gasteiger partial charge >= 0.3 is 0 Å². The lowest BCUT2D eigenvalue weighted by Gasteiger charge is -2.08. The van der Waals surface area contributed by atoms with Gasteiger partial charge in [-0.1, -0.05) is 29.8 Å². The molecule has 3 amide bonds. The van der Waals surface area contributed by atoms with Crippen molar-refractivity contribution in [3.8, 4) is 0 Å². The number of aromatic nitrogens is 2. The van der Waals surface area contributed by atoms with E-state index in [0.717, 1.165) is 16.5 Å². The van der Waals surface area contributed by atoms with E-state index in [0.29, 0.717) is 5.02 Å². The molecular formula is C18H16ClN5O3. The Morgan fingerprint density at radius 2 is 1.85 bits per heavy atom. The van der Waals surface area contributed by atoms with Crippen molar-refractivity contribution in [1.29, 1.82) is 0 Å². The predicted molar refractivity (Wildman–Crippen MR) is 99.9 cm³/mol. The number of nitrogens with zero attached hydrogens (tertiary/aromatic N) is 1. The number of benzene rings is 1. The number of carbonyl (C=O) groups is 3. The molecule has 8 nitrogen and oxygen atoms in total. The summed E-state index contributed by atoms with van der Waals surface area (Å²) < 4.78 is 0. The van der Waals surface area contributed by atoms with Gasteiger partial charge in [0.1, 0.15) is 5.69 Å². The van der Waals surface area contributed by atoms with Crippen LogP contribution in [0.15, 0.2) is 48.8 Å². The number of halogens is 1. The van der Waals surface area contributed by atoms with E-state index in [-0.39, 0.29) is 24.6 Å². The van der Waals surface area contributed by atoms with Gasteiger partial charge in [-0.2, -0.15) is 0 Å². The average Bonchev–Trinajstić information content (AvgIpc) is 3.07. The van der Waals surface area contributed by atoms with Crippen LogP contribution >= 0.6 is 11.6 Å². The van der Waals surface area contributed by atoms with Gasteiger partial charge in [0.25, 0.3) is 11.8 Å². The molecule has 0 saturated carbocycles. The van der Waals surface area contributed by atoms with Crippen LogP contribution < -0.4 is 16.2 Å². The number of hydrogen-bond acceptors (Lipinski definition) is 4. The van der Waals surface area contributed by atoms with Gasteiger partial charge in [-0.05, 0) is 23.8 Å². The van der Waals surface area contributed by atoms with Crippen LogP contribution in [0.5, 0.6) is 0 Å². The smallest absolute Gasteiger partial charge is 0.270 e. The molecule has 3 aromatic rings. The third kappa shape index (κ3) is 4.83. The molecule has 0 spiro atoms. The molecule has 0 fully saturated rings. The second-order valence-electron chi connectivity index (χ2n) is 5.67. The maximum Gasteiger partial charge on any atom is 0.270 e. The van der Waals surface area contributed by atoms with Crippen molar-refractivity contribution in [2.75, 3.05) is 6.54 Å². The Morgan fingerprint density at radius 1 is 1.07 bits per heavy atom. The van der Waals surface area contributed by atoms with Crippen LogP contribution in [0.25, 0.3) is 10.9 Å². The van der Waals surface area contributed by atoms with Gasteiger partial charge in [0.2, 0.25) is 5.91 Å². The molecule has 0 radical (unpaired) electrons. The molecule has 27 heavy (non-hydrogen) atoms. The summed E-state index contributed by atoms with van der Waals surface area (Å²) in [6, 6.07) is 10.5. The first-order valence-electron chi connectivity index (χ1n) is 8.05. The molecule has 0 bridgehead atoms. The standard InChI is InChI=1S/C18H16ClN5O3/c19-12-5-6-20-15(8-12)18(27)22-10-17(26)24-23-16(25)7-11-9-21-14-4-2-1-3-13(11)14/h1-6,8-9,21H,7,10H2,(H,22,27)(H,23,25)(H,24,26). The van der Waals surface area contributed by atoms with E-state index in [1.807, 2.05) is 24.3 Å². The van der Waals surface area contributed by atoms with Crippen molar-refractivity contribution in [3.05, 3.63) is 65.1 Å². The number of H-pyrrole nitrogens is 1. The largest absolute Gasteiger partial charge is 0.361 e. The summed E-state index contributed by atoms with van der Waals surface area (Å²) in [5.41, 5.74) is 6.41. The van der Waals surface area contributed by atoms with Crippen molar-refractivity contribution in [2.45, 2.75) is 6.42 Å². The van der Waals surface area contributed by atoms with Gasteiger partial charge in [0, 0.05) is 28.3 Å². The number of aromatic amines is 1. The first-order chi connectivity index (χ1) is 13.0. The summed E-state index contributed by atoms with van der Waals surface area (Å²) in [7, 11) is 0. The first kappa shape index (κ1) is 18.4. The fourth-order valence-electron chi connectivity index (χ4n) is 2.46. The van der Waals surface area contributed by atoms with Gasteiger partial charge < -0.3 is 10.3 Å². The maximum atomic E-state index is 12.0. The van der Waals surface area contributed by atoms with Crippen LogP contribution in [0.2, 0.25) is 5.02 Å². The van der Waals surface area contributed by atoms with Crippen LogP contribution in [0, 0.1) is 0 Å². The molecule has 0 unspecified atom stereocenters. The number of nitrogens with one attached hydrogen (secondary N) is 4. The number of rotatable bonds is 5. The first-order valence-corrected chi connectivity index (χ1v) is 8.43. The molecule has 4 N–H and O–H groups in total. The van der Waals surface area contributed by atoms with E-state index in [9.17, 15) is 14.4 Å². The number of carbonyl (C=O) groups excluding carboxylic acids is 3. The zero-order valence-electron chi connectivity index (χ0n) is 14.1. The number of fused-ring (bicyclic) bond motifs is 1. The van der Waals surface area contributed by atoms with E-state index in [1.54, 1.807) is 6.20 Å². The predicted octanol–water partition coefficient (Wildman–Crippen LogP) is 1.34. The van der Waals surface area contributed by atoms with Crippen molar-refractivity contribution >= 4 is 40.2 Å². The Bertz CT molecular complexity index is 1000. The van der Waals surface area contributed by atoms with Gasteiger partial charge in [-0.3, -0.25) is 30.2 Å². The highest BCUT2D eigenvalue weighted by molar-refractivity contribution is 6.30. The van der Waals surface area contributed by atoms with Gasteiger partial charge in [0.15, 0.2) is 0 Å². The third-order valence-corrected chi connectivity index (χ3v) is 3.97. The molecule has 1 aromatic carbocycles. The lowest BCUT2D eigenvalue weighted by atomic mass is 10.1. The summed E-state index contributed by atoms with van der Waals surface area (Å²) in [4.78, 5) is 42.6. The Hall–Kier alpha value is -3.39. The van der Waals surface area contributed by atoms with E-state index in [4.69, 9.17) is 11.6 Å². The van der Waals surface area contributed by atoms with Crippen LogP contribution in [-0.4, -0.2) is 34.2 Å². The molecular weight excluding hydrogens is 370 g/mol. The van der Waals surface area contributed by atoms with Crippen molar-refractivity contribution < 1.29 is 14.4 Å². The Morgan fingerprint density at radius 3 is 2.67 bits per heavy atom. The average molecular weight is 386 g/mol. The van der Waals surface area contributed by atoms with Crippen LogP contribution in [0.1, 0.15) is 16.1 Å². The monoisotopic (exact) mass is 385 g/mol. The second kappa shape index (κ2) is 8.33. The van der Waals surface area contributed by atoms with E-state index in [1.165, 1.54) is 18.3 Å². The second-order valence-corrected chi connectivity index (χ2v) is 6.11. The molecule has 0 aliphatic heterocycles. The quantitative estimate of drug-likeness (QED) is 0.496. The lowest BCUT2D eigenvalue weighted by molar-refractivity contribution is -0.128. The topological polar surface area (TPSA) is 116 Å². The van der Waals surface area contributed by atoms with Gasteiger partial charge in [-0.15, -0.1) is 0 Å². The van der Waals surface area contributed by atoms with Crippen molar-refractivity contribution in [2.24, 2.45) is 0 Å². The Labute approximate surface area is 159 Å². The zero-order chi connectivity index (χ0) is 19.2. The van der Waals surface area contributed by atoms with E-state index >= 15 is 0 Å². The number of hydrogen-bond donors (Lipinski definition) is 4. The van der Waals surface area contributed by atoms with Gasteiger partial charge in [-0.25, -0.2) is 0 Å². The fraction of sp³-hybridized carbons (Fsp3) is 0.111. The molecule has 3 rings (SSSR count). The molecule has 138 valence electrons. The molecule has 0 saturated heterocycles. The summed E-state index contributed by atoms with van der Waals surface area (Å²) in [5, 5.41) is 3.70. The minimum Gasteiger partial charge on any atom is -0.361 e. The highest BCUT2D eigenvalue weighted by Crippen LogP contribution is 2.17. The molecule has 2 heterocycles. The minimum atomic E-state index is -0.572. The number of pyridine rings is 1. The minimum absolute atomic E-state index is 0.0960. The molecule has 0 atom stereocenters. The number of amides is 3. The maximum absolute atomic E-state index is 12.0. The number of hydrazine groups is 1. The van der Waals surface area contributed by atoms with Crippen LogP contribution in [-0.2, 0) is 16.0 Å². The summed E-state index contributed by atoms with van der Waals surface area (Å²) in [5.74, 6) is -1.49. The Balaban J connectivity index is 1.45. The SMILES string of the molecule is O=C(CNC(=O)c1cc(Cl)ccn1)NNC(=O)Cc1c[nH]c2ccccc12. The highest BCUT2D eigenvalue weighted by atomic mass is 35.5. The Kier molecular flexibility index (Phi) is 5.68. The molecule has 0 aliphatic carbocycles. The van der Waals surface area contributed by atoms with Crippen LogP contribution in [0.3, 0.4) is 0 Å².